The second-order valence-electron chi connectivity index (χ2n) is 5.17. The van der Waals surface area contributed by atoms with Gasteiger partial charge in [-0.2, -0.15) is 0 Å². The first kappa shape index (κ1) is 15.0. The van der Waals surface area contributed by atoms with E-state index in [1.165, 1.54) is 23.1 Å². The van der Waals surface area contributed by atoms with Crippen molar-refractivity contribution in [2.45, 2.75) is 5.92 Å². The van der Waals surface area contributed by atoms with Gasteiger partial charge < -0.3 is 14.7 Å². The molecule has 1 N–H and O–H groups in total. The molecule has 1 atom stereocenters. The Labute approximate surface area is 131 Å². The number of rotatable bonds is 4. The third-order valence-corrected chi connectivity index (χ3v) is 3.76. The summed E-state index contributed by atoms with van der Waals surface area (Å²) in [5, 5.41) is 9.29. The number of aliphatic carboxylic acids is 1. The number of halogens is 1. The van der Waals surface area contributed by atoms with Crippen LogP contribution in [0.25, 0.3) is 0 Å². The van der Waals surface area contributed by atoms with Crippen LogP contribution >= 0.6 is 0 Å². The van der Waals surface area contributed by atoms with Crippen LogP contribution in [0.15, 0.2) is 48.5 Å². The maximum atomic E-state index is 13.5. The third-order valence-electron chi connectivity index (χ3n) is 3.76. The van der Waals surface area contributed by atoms with E-state index in [0.717, 1.165) is 0 Å². The smallest absolute Gasteiger partial charge is 0.312 e. The average molecular weight is 315 g/mol. The summed E-state index contributed by atoms with van der Waals surface area (Å²) in [4.78, 5) is 25.1. The molecule has 1 heterocycles. The standard InChI is InChI=1S/C17H14FNO4/c18-13-6-2-4-8-15(13)23-10-16(20)19-9-12(17(21)22)11-5-1-3-7-14(11)19/h1-8,12H,9-10H2,(H,21,22)/t12-/m0/s1. The van der Waals surface area contributed by atoms with Gasteiger partial charge in [-0.15, -0.1) is 0 Å². The number of hydrogen-bond acceptors (Lipinski definition) is 3. The number of nitrogens with zero attached hydrogens (tertiary/aromatic N) is 1. The van der Waals surface area contributed by atoms with Crippen LogP contribution < -0.4 is 9.64 Å². The first-order chi connectivity index (χ1) is 11.1. The van der Waals surface area contributed by atoms with Crippen LogP contribution in [0, 0.1) is 5.82 Å². The SMILES string of the molecule is O=C(O)[C@H]1CN(C(=O)COc2ccccc2F)c2ccccc21. The summed E-state index contributed by atoms with van der Waals surface area (Å²) in [6.07, 6.45) is 0. The summed E-state index contributed by atoms with van der Waals surface area (Å²) in [6.45, 7) is -0.310. The van der Waals surface area contributed by atoms with Gasteiger partial charge in [-0.05, 0) is 23.8 Å². The summed E-state index contributed by atoms with van der Waals surface area (Å²) in [6, 6.07) is 12.7. The first-order valence-electron chi connectivity index (χ1n) is 7.07. The monoisotopic (exact) mass is 315 g/mol. The minimum atomic E-state index is -0.984. The Morgan fingerprint density at radius 3 is 2.61 bits per heavy atom. The van der Waals surface area contributed by atoms with Crippen LogP contribution in [-0.2, 0) is 9.59 Å². The lowest BCUT2D eigenvalue weighted by Gasteiger charge is -2.17. The molecular weight excluding hydrogens is 301 g/mol. The predicted octanol–water partition coefficient (Wildman–Crippen LogP) is 2.42. The van der Waals surface area contributed by atoms with Crippen LogP contribution in [0.3, 0.4) is 0 Å². The second-order valence-corrected chi connectivity index (χ2v) is 5.17. The van der Waals surface area contributed by atoms with Gasteiger partial charge in [0.1, 0.15) is 5.92 Å². The molecule has 0 aliphatic carbocycles. The number of carboxylic acids is 1. The number of carbonyl (C=O) groups is 2. The Hall–Kier alpha value is -2.89. The van der Waals surface area contributed by atoms with Crippen molar-refractivity contribution in [2.75, 3.05) is 18.1 Å². The van der Waals surface area contributed by atoms with E-state index in [9.17, 15) is 19.1 Å². The molecule has 0 unspecified atom stereocenters. The van der Waals surface area contributed by atoms with Crippen molar-refractivity contribution in [2.24, 2.45) is 0 Å². The van der Waals surface area contributed by atoms with Crippen molar-refractivity contribution >= 4 is 17.6 Å². The molecule has 2 aromatic carbocycles. The van der Waals surface area contributed by atoms with Gasteiger partial charge in [-0.25, -0.2) is 4.39 Å². The number of amides is 1. The number of benzene rings is 2. The van der Waals surface area contributed by atoms with E-state index in [1.54, 1.807) is 30.3 Å². The van der Waals surface area contributed by atoms with E-state index < -0.39 is 23.6 Å². The van der Waals surface area contributed by atoms with Gasteiger partial charge in [0, 0.05) is 12.2 Å². The molecule has 0 saturated heterocycles. The zero-order valence-electron chi connectivity index (χ0n) is 12.1. The van der Waals surface area contributed by atoms with Gasteiger partial charge in [0.25, 0.3) is 5.91 Å². The molecular formula is C17H14FNO4. The van der Waals surface area contributed by atoms with Crippen LogP contribution in [0.2, 0.25) is 0 Å². The highest BCUT2D eigenvalue weighted by molar-refractivity contribution is 5.99. The molecule has 0 aromatic heterocycles. The van der Waals surface area contributed by atoms with E-state index in [4.69, 9.17) is 4.74 Å². The summed E-state index contributed by atoms with van der Waals surface area (Å²) in [5.41, 5.74) is 1.15. The van der Waals surface area contributed by atoms with E-state index in [2.05, 4.69) is 0 Å². The van der Waals surface area contributed by atoms with Gasteiger partial charge in [0.15, 0.2) is 18.2 Å². The van der Waals surface area contributed by atoms with Gasteiger partial charge in [-0.3, -0.25) is 9.59 Å². The zero-order chi connectivity index (χ0) is 16.4. The molecule has 0 saturated carbocycles. The highest BCUT2D eigenvalue weighted by Crippen LogP contribution is 2.36. The summed E-state index contributed by atoms with van der Waals surface area (Å²) in [7, 11) is 0. The molecule has 1 amide bonds. The van der Waals surface area contributed by atoms with Crippen molar-refractivity contribution in [3.05, 3.63) is 59.9 Å². The van der Waals surface area contributed by atoms with Gasteiger partial charge >= 0.3 is 5.97 Å². The molecule has 0 fully saturated rings. The van der Waals surface area contributed by atoms with Crippen LogP contribution in [0.1, 0.15) is 11.5 Å². The predicted molar refractivity (Wildman–Crippen MR) is 81.1 cm³/mol. The second kappa shape index (κ2) is 6.08. The highest BCUT2D eigenvalue weighted by Gasteiger charge is 2.36. The Bertz CT molecular complexity index is 762. The Morgan fingerprint density at radius 2 is 1.87 bits per heavy atom. The van der Waals surface area contributed by atoms with Crippen molar-refractivity contribution in [3.8, 4) is 5.75 Å². The lowest BCUT2D eigenvalue weighted by atomic mass is 10.0. The van der Waals surface area contributed by atoms with Gasteiger partial charge in [0.2, 0.25) is 0 Å². The Morgan fingerprint density at radius 1 is 1.17 bits per heavy atom. The van der Waals surface area contributed by atoms with Crippen molar-refractivity contribution in [3.63, 3.8) is 0 Å². The molecule has 0 bridgehead atoms. The fourth-order valence-electron chi connectivity index (χ4n) is 2.63. The molecule has 5 nitrogen and oxygen atoms in total. The van der Waals surface area contributed by atoms with Gasteiger partial charge in [0.05, 0.1) is 0 Å². The number of hydrogen-bond donors (Lipinski definition) is 1. The summed E-state index contributed by atoms with van der Waals surface area (Å²) in [5.74, 6) is -2.72. The number of carboxylic acid groups (broad SMARTS) is 1. The molecule has 0 spiro atoms. The van der Waals surface area contributed by atoms with E-state index in [-0.39, 0.29) is 18.9 Å². The molecule has 118 valence electrons. The van der Waals surface area contributed by atoms with Gasteiger partial charge in [-0.1, -0.05) is 30.3 Å². The number of fused-ring (bicyclic) bond motifs is 1. The number of carbonyl (C=O) groups excluding carboxylic acids is 1. The molecule has 2 aromatic rings. The molecule has 1 aliphatic rings. The van der Waals surface area contributed by atoms with Crippen LogP contribution in [0.5, 0.6) is 5.75 Å². The molecule has 6 heteroatoms. The highest BCUT2D eigenvalue weighted by atomic mass is 19.1. The zero-order valence-corrected chi connectivity index (χ0v) is 12.1. The first-order valence-corrected chi connectivity index (χ1v) is 7.07. The Kier molecular flexibility index (Phi) is 3.97. The molecule has 3 rings (SSSR count). The van der Waals surface area contributed by atoms with Crippen LogP contribution in [0.4, 0.5) is 10.1 Å². The number of para-hydroxylation sites is 2. The molecule has 23 heavy (non-hydrogen) atoms. The minimum absolute atomic E-state index is 0.0110. The minimum Gasteiger partial charge on any atom is -0.481 e. The number of ether oxygens (including phenoxy) is 1. The maximum absolute atomic E-state index is 13.5. The fraction of sp³-hybridized carbons (Fsp3) is 0.176. The van der Waals surface area contributed by atoms with Crippen molar-refractivity contribution in [1.82, 2.24) is 0 Å². The maximum Gasteiger partial charge on any atom is 0.312 e. The fourth-order valence-corrected chi connectivity index (χ4v) is 2.63. The van der Waals surface area contributed by atoms with E-state index >= 15 is 0 Å². The van der Waals surface area contributed by atoms with Crippen molar-refractivity contribution < 1.29 is 23.8 Å². The topological polar surface area (TPSA) is 66.8 Å². The summed E-state index contributed by atoms with van der Waals surface area (Å²) >= 11 is 0. The largest absolute Gasteiger partial charge is 0.481 e. The van der Waals surface area contributed by atoms with Crippen LogP contribution in [-0.4, -0.2) is 30.1 Å². The quantitative estimate of drug-likeness (QED) is 0.941. The molecule has 1 aliphatic heterocycles. The molecule has 0 radical (unpaired) electrons. The Balaban J connectivity index is 1.76. The third kappa shape index (κ3) is 2.88. The van der Waals surface area contributed by atoms with Crippen molar-refractivity contribution in [1.29, 1.82) is 0 Å². The average Bonchev–Trinajstić information content (AvgIpc) is 2.94. The lowest BCUT2D eigenvalue weighted by Crippen LogP contribution is -2.35. The normalized spacial score (nSPS) is 16.0. The summed E-state index contributed by atoms with van der Waals surface area (Å²) < 4.78 is 18.7. The van der Waals surface area contributed by atoms with E-state index in [1.807, 2.05) is 0 Å². The number of anilines is 1. The van der Waals surface area contributed by atoms with E-state index in [0.29, 0.717) is 11.3 Å². The lowest BCUT2D eigenvalue weighted by molar-refractivity contribution is -0.138.